The summed E-state index contributed by atoms with van der Waals surface area (Å²) in [5.74, 6) is 0.537. The fourth-order valence-corrected chi connectivity index (χ4v) is 2.38. The fourth-order valence-electron chi connectivity index (χ4n) is 2.27. The molecule has 0 aliphatic heterocycles. The Hall–Kier alpha value is -3.10. The SMILES string of the molecule is Nc1c(C(=O)Nc2ccc(Cl)cn2)cnn1-c1ccccc1OCCO. The first-order chi connectivity index (χ1) is 12.6. The number of hydrogen-bond acceptors (Lipinski definition) is 6. The molecule has 2 aromatic heterocycles. The molecule has 0 fully saturated rings. The van der Waals surface area contributed by atoms with Gasteiger partial charge in [0.05, 0.1) is 17.8 Å². The summed E-state index contributed by atoms with van der Waals surface area (Å²) in [6.07, 6.45) is 2.79. The van der Waals surface area contributed by atoms with Crippen molar-refractivity contribution in [3.05, 3.63) is 59.4 Å². The lowest BCUT2D eigenvalue weighted by atomic mass is 10.2. The van der Waals surface area contributed by atoms with Crippen molar-refractivity contribution in [3.8, 4) is 11.4 Å². The molecule has 8 nitrogen and oxygen atoms in total. The quantitative estimate of drug-likeness (QED) is 0.609. The standard InChI is InChI=1S/C17H16ClN5O3/c18-11-5-6-15(20-9-11)22-17(25)12-10-21-23(16(12)19)13-3-1-2-4-14(13)26-8-7-24/h1-6,9-10,24H,7-8,19H2,(H,20,22,25). The number of carbonyl (C=O) groups is 1. The molecule has 0 spiro atoms. The fraction of sp³-hybridized carbons (Fsp3) is 0.118. The van der Waals surface area contributed by atoms with Gasteiger partial charge >= 0.3 is 0 Å². The highest BCUT2D eigenvalue weighted by molar-refractivity contribution is 6.30. The van der Waals surface area contributed by atoms with Gasteiger partial charge in [0.2, 0.25) is 0 Å². The summed E-state index contributed by atoms with van der Waals surface area (Å²) >= 11 is 5.78. The van der Waals surface area contributed by atoms with Crippen LogP contribution in [0.2, 0.25) is 5.02 Å². The normalized spacial score (nSPS) is 10.5. The summed E-state index contributed by atoms with van der Waals surface area (Å²) in [5.41, 5.74) is 6.86. The van der Waals surface area contributed by atoms with Crippen molar-refractivity contribution in [1.82, 2.24) is 14.8 Å². The van der Waals surface area contributed by atoms with E-state index >= 15 is 0 Å². The number of aliphatic hydroxyl groups excluding tert-OH is 1. The zero-order valence-corrected chi connectivity index (χ0v) is 14.3. The third-order valence-corrected chi connectivity index (χ3v) is 3.69. The van der Waals surface area contributed by atoms with E-state index in [9.17, 15) is 4.79 Å². The van der Waals surface area contributed by atoms with E-state index in [-0.39, 0.29) is 24.6 Å². The molecule has 0 atom stereocenters. The number of carbonyl (C=O) groups excluding carboxylic acids is 1. The molecule has 134 valence electrons. The van der Waals surface area contributed by atoms with Crippen LogP contribution in [-0.4, -0.2) is 39.0 Å². The second-order valence-corrected chi connectivity index (χ2v) is 5.65. The molecule has 1 aromatic carbocycles. The van der Waals surface area contributed by atoms with Gasteiger partial charge in [-0.15, -0.1) is 0 Å². The number of amides is 1. The molecule has 3 aromatic rings. The Balaban J connectivity index is 1.86. The van der Waals surface area contributed by atoms with Crippen LogP contribution >= 0.6 is 11.6 Å². The van der Waals surface area contributed by atoms with Crippen LogP contribution in [0.1, 0.15) is 10.4 Å². The lowest BCUT2D eigenvalue weighted by Crippen LogP contribution is -2.15. The molecule has 0 bridgehead atoms. The minimum Gasteiger partial charge on any atom is -0.489 e. The monoisotopic (exact) mass is 373 g/mol. The highest BCUT2D eigenvalue weighted by Gasteiger charge is 2.18. The summed E-state index contributed by atoms with van der Waals surface area (Å²) in [5, 5.41) is 16.2. The third kappa shape index (κ3) is 3.76. The number of para-hydroxylation sites is 2. The average molecular weight is 374 g/mol. The second kappa shape index (κ2) is 7.85. The molecule has 9 heteroatoms. The third-order valence-electron chi connectivity index (χ3n) is 3.46. The van der Waals surface area contributed by atoms with E-state index in [1.807, 2.05) is 0 Å². The zero-order valence-electron chi connectivity index (χ0n) is 13.6. The first-order valence-electron chi connectivity index (χ1n) is 7.69. The molecule has 3 rings (SSSR count). The lowest BCUT2D eigenvalue weighted by molar-refractivity contribution is 0.102. The molecule has 0 unspecified atom stereocenters. The highest BCUT2D eigenvalue weighted by Crippen LogP contribution is 2.26. The minimum atomic E-state index is -0.447. The number of nitrogens with zero attached hydrogens (tertiary/aromatic N) is 3. The van der Waals surface area contributed by atoms with Gasteiger partial charge in [0.1, 0.15) is 35.2 Å². The Kier molecular flexibility index (Phi) is 5.35. The van der Waals surface area contributed by atoms with Crippen molar-refractivity contribution >= 4 is 29.1 Å². The Bertz CT molecular complexity index is 911. The summed E-state index contributed by atoms with van der Waals surface area (Å²) < 4.78 is 6.88. The van der Waals surface area contributed by atoms with E-state index in [1.165, 1.54) is 17.1 Å². The van der Waals surface area contributed by atoms with Gasteiger partial charge in [-0.25, -0.2) is 9.67 Å². The molecule has 0 aliphatic rings. The van der Waals surface area contributed by atoms with Gasteiger partial charge in [0, 0.05) is 6.20 Å². The molecule has 0 radical (unpaired) electrons. The van der Waals surface area contributed by atoms with E-state index in [0.717, 1.165) is 0 Å². The number of pyridine rings is 1. The maximum Gasteiger partial charge on any atom is 0.262 e. The molecular formula is C17H16ClN5O3. The molecule has 2 heterocycles. The van der Waals surface area contributed by atoms with Crippen molar-refractivity contribution < 1.29 is 14.6 Å². The van der Waals surface area contributed by atoms with Crippen LogP contribution in [0, 0.1) is 0 Å². The van der Waals surface area contributed by atoms with E-state index in [4.69, 9.17) is 27.2 Å². The van der Waals surface area contributed by atoms with Gasteiger partial charge in [-0.1, -0.05) is 23.7 Å². The number of halogens is 1. The lowest BCUT2D eigenvalue weighted by Gasteiger charge is -2.12. The van der Waals surface area contributed by atoms with Gasteiger partial charge in [-0.2, -0.15) is 5.10 Å². The number of aromatic nitrogens is 3. The summed E-state index contributed by atoms with van der Waals surface area (Å²) in [7, 11) is 0. The topological polar surface area (TPSA) is 115 Å². The van der Waals surface area contributed by atoms with Gasteiger partial charge in [0.25, 0.3) is 5.91 Å². The van der Waals surface area contributed by atoms with Crippen molar-refractivity contribution in [2.75, 3.05) is 24.3 Å². The number of anilines is 2. The van der Waals surface area contributed by atoms with E-state index in [0.29, 0.717) is 22.3 Å². The molecule has 0 aliphatic carbocycles. The van der Waals surface area contributed by atoms with E-state index in [2.05, 4.69) is 15.4 Å². The Labute approximate surface area is 154 Å². The Morgan fingerprint density at radius 2 is 2.08 bits per heavy atom. The molecule has 1 amide bonds. The van der Waals surface area contributed by atoms with Crippen LogP contribution in [0.3, 0.4) is 0 Å². The first-order valence-corrected chi connectivity index (χ1v) is 8.07. The predicted octanol–water partition coefficient (Wildman–Crippen LogP) is 2.13. The Morgan fingerprint density at radius 1 is 1.27 bits per heavy atom. The first kappa shape index (κ1) is 17.7. The van der Waals surface area contributed by atoms with Crippen LogP contribution < -0.4 is 15.8 Å². The van der Waals surface area contributed by atoms with Crippen LogP contribution in [0.25, 0.3) is 5.69 Å². The number of nitrogen functional groups attached to an aromatic ring is 1. The number of nitrogens with one attached hydrogen (secondary N) is 1. The molecular weight excluding hydrogens is 358 g/mol. The molecule has 4 N–H and O–H groups in total. The van der Waals surface area contributed by atoms with Gasteiger partial charge in [0.15, 0.2) is 0 Å². The van der Waals surface area contributed by atoms with E-state index in [1.54, 1.807) is 36.4 Å². The van der Waals surface area contributed by atoms with Gasteiger partial charge in [-0.3, -0.25) is 4.79 Å². The molecule has 0 saturated heterocycles. The van der Waals surface area contributed by atoms with Crippen molar-refractivity contribution in [3.63, 3.8) is 0 Å². The van der Waals surface area contributed by atoms with Crippen molar-refractivity contribution in [2.24, 2.45) is 0 Å². The predicted molar refractivity (Wildman–Crippen MR) is 97.8 cm³/mol. The highest BCUT2D eigenvalue weighted by atomic mass is 35.5. The largest absolute Gasteiger partial charge is 0.489 e. The van der Waals surface area contributed by atoms with Crippen LogP contribution in [-0.2, 0) is 0 Å². The van der Waals surface area contributed by atoms with Crippen molar-refractivity contribution in [1.29, 1.82) is 0 Å². The van der Waals surface area contributed by atoms with Gasteiger partial charge < -0.3 is 20.9 Å². The zero-order chi connectivity index (χ0) is 18.5. The van der Waals surface area contributed by atoms with Gasteiger partial charge in [-0.05, 0) is 24.3 Å². The van der Waals surface area contributed by atoms with Crippen LogP contribution in [0.15, 0.2) is 48.8 Å². The Morgan fingerprint density at radius 3 is 2.81 bits per heavy atom. The number of ether oxygens (including phenoxy) is 1. The average Bonchev–Trinajstić information content (AvgIpc) is 3.03. The maximum absolute atomic E-state index is 12.4. The number of benzene rings is 1. The number of rotatable bonds is 6. The minimum absolute atomic E-state index is 0.120. The number of nitrogens with two attached hydrogens (primary N) is 1. The summed E-state index contributed by atoms with van der Waals surface area (Å²) in [6, 6.07) is 10.3. The summed E-state index contributed by atoms with van der Waals surface area (Å²) in [4.78, 5) is 16.5. The van der Waals surface area contributed by atoms with Crippen LogP contribution in [0.5, 0.6) is 5.75 Å². The smallest absolute Gasteiger partial charge is 0.262 e. The second-order valence-electron chi connectivity index (χ2n) is 5.21. The maximum atomic E-state index is 12.4. The number of aliphatic hydroxyl groups is 1. The summed E-state index contributed by atoms with van der Waals surface area (Å²) in [6.45, 7) is 0.0123. The molecule has 26 heavy (non-hydrogen) atoms. The molecule has 0 saturated carbocycles. The van der Waals surface area contributed by atoms with Crippen molar-refractivity contribution in [2.45, 2.75) is 0 Å². The van der Waals surface area contributed by atoms with E-state index < -0.39 is 5.91 Å². The number of hydrogen-bond donors (Lipinski definition) is 3. The van der Waals surface area contributed by atoms with Crippen LogP contribution in [0.4, 0.5) is 11.6 Å².